The van der Waals surface area contributed by atoms with Crippen LogP contribution in [0.3, 0.4) is 0 Å². The minimum absolute atomic E-state index is 0.512. The molecule has 1 fully saturated rings. The van der Waals surface area contributed by atoms with Gasteiger partial charge in [0, 0.05) is 19.9 Å². The van der Waals surface area contributed by atoms with Crippen LogP contribution in [0.4, 0.5) is 0 Å². The highest BCUT2D eigenvalue weighted by Crippen LogP contribution is 2.16. The van der Waals surface area contributed by atoms with E-state index in [0.717, 1.165) is 19.6 Å². The third-order valence-corrected chi connectivity index (χ3v) is 2.12. The van der Waals surface area contributed by atoms with Gasteiger partial charge in [-0.25, -0.2) is 0 Å². The highest BCUT2D eigenvalue weighted by atomic mass is 16.5. The average Bonchev–Trinajstić information content (AvgIpc) is 2.50. The monoisotopic (exact) mass is 170 g/mol. The molecule has 0 aliphatic carbocycles. The van der Waals surface area contributed by atoms with E-state index in [1.807, 2.05) is 6.21 Å². The molecule has 0 aromatic heterocycles. The molecular weight excluding hydrogens is 152 g/mol. The van der Waals surface area contributed by atoms with Gasteiger partial charge in [0.2, 0.25) is 0 Å². The van der Waals surface area contributed by atoms with E-state index < -0.39 is 0 Å². The molecule has 0 N–H and O–H groups in total. The van der Waals surface area contributed by atoms with Gasteiger partial charge in [-0.15, -0.1) is 0 Å². The molecular formula is C9H18N2O. The van der Waals surface area contributed by atoms with Crippen molar-refractivity contribution in [3.8, 4) is 0 Å². The second kappa shape index (κ2) is 5.14. The van der Waals surface area contributed by atoms with Gasteiger partial charge in [0.1, 0.15) is 0 Å². The van der Waals surface area contributed by atoms with Crippen LogP contribution in [-0.2, 0) is 4.74 Å². The van der Waals surface area contributed by atoms with Crippen LogP contribution in [0.1, 0.15) is 26.2 Å². The number of hydrazone groups is 1. The van der Waals surface area contributed by atoms with Crippen LogP contribution < -0.4 is 0 Å². The first-order chi connectivity index (χ1) is 5.88. The molecule has 1 saturated heterocycles. The first-order valence-corrected chi connectivity index (χ1v) is 4.66. The Labute approximate surface area is 74.4 Å². The molecule has 0 saturated carbocycles. The van der Waals surface area contributed by atoms with Crippen molar-refractivity contribution < 1.29 is 4.74 Å². The summed E-state index contributed by atoms with van der Waals surface area (Å²) in [5.74, 6) is 0. The number of ether oxygens (including phenoxy) is 1. The lowest BCUT2D eigenvalue weighted by molar-refractivity contribution is 0.118. The molecule has 70 valence electrons. The normalized spacial score (nSPS) is 24.2. The zero-order chi connectivity index (χ0) is 8.81. The fraction of sp³-hybridized carbons (Fsp3) is 0.889. The first kappa shape index (κ1) is 9.52. The van der Waals surface area contributed by atoms with Crippen molar-refractivity contribution in [3.05, 3.63) is 0 Å². The minimum Gasteiger partial charge on any atom is -0.382 e. The molecule has 0 spiro atoms. The van der Waals surface area contributed by atoms with Gasteiger partial charge in [-0.2, -0.15) is 5.10 Å². The van der Waals surface area contributed by atoms with Gasteiger partial charge in [-0.3, -0.25) is 5.01 Å². The maximum Gasteiger partial charge on any atom is 0.0704 e. The lowest BCUT2D eigenvalue weighted by Gasteiger charge is -2.20. The zero-order valence-corrected chi connectivity index (χ0v) is 7.99. The van der Waals surface area contributed by atoms with Crippen molar-refractivity contribution in [2.24, 2.45) is 5.10 Å². The van der Waals surface area contributed by atoms with Gasteiger partial charge in [-0.05, 0) is 19.3 Å². The SMILES string of the molecule is CC/C=N/N1CCC[C@@H]1COC. The molecule has 1 aliphatic heterocycles. The van der Waals surface area contributed by atoms with E-state index in [4.69, 9.17) is 4.74 Å². The molecule has 12 heavy (non-hydrogen) atoms. The molecule has 1 heterocycles. The topological polar surface area (TPSA) is 24.8 Å². The average molecular weight is 170 g/mol. The first-order valence-electron chi connectivity index (χ1n) is 4.66. The third kappa shape index (κ3) is 2.48. The van der Waals surface area contributed by atoms with Gasteiger partial charge in [0.15, 0.2) is 0 Å². The zero-order valence-electron chi connectivity index (χ0n) is 7.99. The van der Waals surface area contributed by atoms with E-state index in [1.165, 1.54) is 12.8 Å². The molecule has 0 radical (unpaired) electrons. The molecule has 1 aliphatic rings. The molecule has 0 aromatic carbocycles. The van der Waals surface area contributed by atoms with Crippen molar-refractivity contribution in [1.82, 2.24) is 5.01 Å². The van der Waals surface area contributed by atoms with E-state index in [9.17, 15) is 0 Å². The Morgan fingerprint density at radius 2 is 2.50 bits per heavy atom. The Morgan fingerprint density at radius 1 is 1.67 bits per heavy atom. The summed E-state index contributed by atoms with van der Waals surface area (Å²) in [5, 5.41) is 6.52. The van der Waals surface area contributed by atoms with Gasteiger partial charge in [-0.1, -0.05) is 6.92 Å². The van der Waals surface area contributed by atoms with E-state index in [0.29, 0.717) is 6.04 Å². The van der Waals surface area contributed by atoms with Crippen LogP contribution in [0.15, 0.2) is 5.10 Å². The summed E-state index contributed by atoms with van der Waals surface area (Å²) < 4.78 is 5.12. The van der Waals surface area contributed by atoms with Crippen molar-refractivity contribution in [1.29, 1.82) is 0 Å². The number of hydrogen-bond donors (Lipinski definition) is 0. The Hall–Kier alpha value is -0.570. The Kier molecular flexibility index (Phi) is 4.08. The maximum absolute atomic E-state index is 5.12. The van der Waals surface area contributed by atoms with Gasteiger partial charge in [0.25, 0.3) is 0 Å². The quantitative estimate of drug-likeness (QED) is 0.597. The summed E-state index contributed by atoms with van der Waals surface area (Å²) in [6.45, 7) is 4.00. The Bertz CT molecular complexity index is 147. The van der Waals surface area contributed by atoms with Gasteiger partial charge >= 0.3 is 0 Å². The molecule has 1 atom stereocenters. The van der Waals surface area contributed by atoms with E-state index in [2.05, 4.69) is 17.0 Å². The second-order valence-corrected chi connectivity index (χ2v) is 3.12. The second-order valence-electron chi connectivity index (χ2n) is 3.12. The number of hydrogen-bond acceptors (Lipinski definition) is 3. The van der Waals surface area contributed by atoms with Gasteiger partial charge in [0.05, 0.1) is 12.6 Å². The highest BCUT2D eigenvalue weighted by Gasteiger charge is 2.22. The summed E-state index contributed by atoms with van der Waals surface area (Å²) in [5.41, 5.74) is 0. The summed E-state index contributed by atoms with van der Waals surface area (Å²) in [7, 11) is 1.75. The van der Waals surface area contributed by atoms with Crippen LogP contribution >= 0.6 is 0 Å². The lowest BCUT2D eigenvalue weighted by Crippen LogP contribution is -2.28. The molecule has 0 aromatic rings. The van der Waals surface area contributed by atoms with Crippen molar-refractivity contribution >= 4 is 6.21 Å². The van der Waals surface area contributed by atoms with Crippen LogP contribution in [-0.4, -0.2) is 37.5 Å². The standard InChI is InChI=1S/C9H18N2O/c1-3-6-10-11-7-4-5-9(11)8-12-2/h6,9H,3-5,7-8H2,1-2H3/b10-6+/t9-/m1/s1. The summed E-state index contributed by atoms with van der Waals surface area (Å²) in [6, 6.07) is 0.512. The smallest absolute Gasteiger partial charge is 0.0704 e. The summed E-state index contributed by atoms with van der Waals surface area (Å²) in [6.07, 6.45) is 5.44. The number of methoxy groups -OCH3 is 1. The predicted molar refractivity (Wildman–Crippen MR) is 50.4 cm³/mol. The minimum atomic E-state index is 0.512. The number of rotatable bonds is 4. The van der Waals surface area contributed by atoms with E-state index >= 15 is 0 Å². The number of nitrogens with zero attached hydrogens (tertiary/aromatic N) is 2. The molecule has 3 heteroatoms. The Morgan fingerprint density at radius 3 is 3.17 bits per heavy atom. The lowest BCUT2D eigenvalue weighted by atomic mass is 10.2. The van der Waals surface area contributed by atoms with Crippen molar-refractivity contribution in [3.63, 3.8) is 0 Å². The van der Waals surface area contributed by atoms with Crippen LogP contribution in [0.5, 0.6) is 0 Å². The molecule has 3 nitrogen and oxygen atoms in total. The highest BCUT2D eigenvalue weighted by molar-refractivity contribution is 5.56. The van der Waals surface area contributed by atoms with E-state index in [1.54, 1.807) is 7.11 Å². The fourth-order valence-electron chi connectivity index (χ4n) is 1.52. The summed E-state index contributed by atoms with van der Waals surface area (Å²) in [4.78, 5) is 0. The molecule has 1 rings (SSSR count). The van der Waals surface area contributed by atoms with Crippen molar-refractivity contribution in [2.75, 3.05) is 20.3 Å². The van der Waals surface area contributed by atoms with E-state index in [-0.39, 0.29) is 0 Å². The molecule has 0 bridgehead atoms. The largest absolute Gasteiger partial charge is 0.382 e. The summed E-state index contributed by atoms with van der Waals surface area (Å²) >= 11 is 0. The van der Waals surface area contributed by atoms with Crippen molar-refractivity contribution in [2.45, 2.75) is 32.2 Å². The fourth-order valence-corrected chi connectivity index (χ4v) is 1.52. The molecule has 0 unspecified atom stereocenters. The maximum atomic E-state index is 5.12. The van der Waals surface area contributed by atoms with Crippen LogP contribution in [0, 0.1) is 0 Å². The van der Waals surface area contributed by atoms with Gasteiger partial charge < -0.3 is 4.74 Å². The third-order valence-electron chi connectivity index (χ3n) is 2.12. The van der Waals surface area contributed by atoms with Crippen LogP contribution in [0.2, 0.25) is 0 Å². The van der Waals surface area contributed by atoms with Crippen LogP contribution in [0.25, 0.3) is 0 Å². The molecule has 0 amide bonds. The predicted octanol–water partition coefficient (Wildman–Crippen LogP) is 1.49. The Balaban J connectivity index is 2.35.